The van der Waals surface area contributed by atoms with Crippen LogP contribution in [0, 0.1) is 34.5 Å². The molecule has 1 amide bonds. The van der Waals surface area contributed by atoms with Crippen LogP contribution in [0.15, 0.2) is 36.8 Å². The molecule has 158 valence electrons. The minimum absolute atomic E-state index is 0.00705. The normalized spacial score (nSPS) is 23.0. The second-order valence-electron chi connectivity index (χ2n) is 7.94. The van der Waals surface area contributed by atoms with Crippen LogP contribution in [0.3, 0.4) is 0 Å². The zero-order valence-corrected chi connectivity index (χ0v) is 17.1. The largest absolute Gasteiger partial charge is 0.477 e. The van der Waals surface area contributed by atoms with Gasteiger partial charge in [-0.3, -0.25) is 14.6 Å². The zero-order valence-electron chi connectivity index (χ0n) is 17.1. The van der Waals surface area contributed by atoms with Gasteiger partial charge in [0.05, 0.1) is 36.5 Å². The maximum absolute atomic E-state index is 13.1. The molecule has 1 saturated carbocycles. The van der Waals surface area contributed by atoms with Gasteiger partial charge >= 0.3 is 0 Å². The molecule has 0 radical (unpaired) electrons. The lowest BCUT2D eigenvalue weighted by atomic mass is 9.81. The molecule has 2 aromatic rings. The number of ether oxygens (including phenoxy) is 1. The SMILES string of the molecule is N#Cc1cncc([C@@H]2CCON2C(=O)[C@H]2CC[C@H](COc3cc(C#N)ccn3)CC2)c1. The zero-order chi connectivity index (χ0) is 21.6. The van der Waals surface area contributed by atoms with Crippen LogP contribution >= 0.6 is 0 Å². The van der Waals surface area contributed by atoms with Crippen molar-refractivity contribution in [3.8, 4) is 18.0 Å². The fourth-order valence-electron chi connectivity index (χ4n) is 4.21. The highest BCUT2D eigenvalue weighted by atomic mass is 16.7. The molecule has 0 aromatic carbocycles. The molecule has 0 unspecified atom stereocenters. The molecule has 2 aromatic heterocycles. The lowest BCUT2D eigenvalue weighted by Crippen LogP contribution is -2.37. The first-order valence-corrected chi connectivity index (χ1v) is 10.5. The summed E-state index contributed by atoms with van der Waals surface area (Å²) in [5.74, 6) is 0.735. The van der Waals surface area contributed by atoms with Gasteiger partial charge in [0, 0.05) is 37.0 Å². The lowest BCUT2D eigenvalue weighted by molar-refractivity contribution is -0.183. The van der Waals surface area contributed by atoms with Crippen LogP contribution in [0.25, 0.3) is 0 Å². The van der Waals surface area contributed by atoms with E-state index >= 15 is 0 Å². The van der Waals surface area contributed by atoms with Gasteiger partial charge in [0.25, 0.3) is 0 Å². The standard InChI is InChI=1S/C23H23N5O3/c24-11-17-5-7-27-22(10-17)30-15-16-1-3-19(4-2-16)23(29)28-21(6-8-31-28)20-9-18(12-25)13-26-14-20/h5,7,9-10,13-14,16,19,21H,1-4,6,8,15H2/t16-,19-,21-/m0/s1. The molecule has 8 heteroatoms. The second-order valence-corrected chi connectivity index (χ2v) is 7.94. The quantitative estimate of drug-likeness (QED) is 0.733. The van der Waals surface area contributed by atoms with E-state index in [-0.39, 0.29) is 17.9 Å². The number of hydroxylamine groups is 2. The van der Waals surface area contributed by atoms with Crippen molar-refractivity contribution in [2.24, 2.45) is 11.8 Å². The summed E-state index contributed by atoms with van der Waals surface area (Å²) < 4.78 is 5.76. The molecule has 1 saturated heterocycles. The van der Waals surface area contributed by atoms with E-state index < -0.39 is 0 Å². The Hall–Kier alpha value is -3.49. The first kappa shape index (κ1) is 20.8. The Morgan fingerprint density at radius 1 is 1.13 bits per heavy atom. The average Bonchev–Trinajstić information content (AvgIpc) is 3.33. The van der Waals surface area contributed by atoms with E-state index in [4.69, 9.17) is 20.1 Å². The van der Waals surface area contributed by atoms with Crippen molar-refractivity contribution < 1.29 is 14.4 Å². The third-order valence-electron chi connectivity index (χ3n) is 5.92. The summed E-state index contributed by atoms with van der Waals surface area (Å²) >= 11 is 0. The van der Waals surface area contributed by atoms with E-state index in [1.54, 1.807) is 30.6 Å². The molecule has 2 fully saturated rings. The molecule has 31 heavy (non-hydrogen) atoms. The van der Waals surface area contributed by atoms with E-state index in [1.807, 2.05) is 0 Å². The van der Waals surface area contributed by atoms with Gasteiger partial charge in [0.1, 0.15) is 6.07 Å². The number of nitriles is 2. The van der Waals surface area contributed by atoms with Gasteiger partial charge in [-0.1, -0.05) is 0 Å². The monoisotopic (exact) mass is 417 g/mol. The van der Waals surface area contributed by atoms with Gasteiger partial charge in [-0.25, -0.2) is 10.0 Å². The predicted molar refractivity (Wildman–Crippen MR) is 109 cm³/mol. The molecule has 2 aliphatic rings. The maximum Gasteiger partial charge on any atom is 0.249 e. The molecule has 1 aliphatic carbocycles. The number of hydrogen-bond donors (Lipinski definition) is 0. The summed E-state index contributed by atoms with van der Waals surface area (Å²) in [4.78, 5) is 27.1. The summed E-state index contributed by atoms with van der Waals surface area (Å²) in [5.41, 5.74) is 1.83. The van der Waals surface area contributed by atoms with Crippen LogP contribution in [0.4, 0.5) is 0 Å². The van der Waals surface area contributed by atoms with Crippen molar-refractivity contribution in [3.63, 3.8) is 0 Å². The smallest absolute Gasteiger partial charge is 0.249 e. The Morgan fingerprint density at radius 3 is 2.71 bits per heavy atom. The highest BCUT2D eigenvalue weighted by Crippen LogP contribution is 2.36. The molecule has 1 aliphatic heterocycles. The third-order valence-corrected chi connectivity index (χ3v) is 5.92. The Labute approximate surface area is 181 Å². The molecular weight excluding hydrogens is 394 g/mol. The Bertz CT molecular complexity index is 1020. The van der Waals surface area contributed by atoms with Crippen LogP contribution in [-0.4, -0.2) is 34.2 Å². The van der Waals surface area contributed by atoms with Crippen molar-refractivity contribution in [1.29, 1.82) is 10.5 Å². The first-order valence-electron chi connectivity index (χ1n) is 10.5. The summed E-state index contributed by atoms with van der Waals surface area (Å²) in [6.45, 7) is 1.00. The van der Waals surface area contributed by atoms with E-state index in [1.165, 1.54) is 11.3 Å². The lowest BCUT2D eigenvalue weighted by Gasteiger charge is -2.31. The number of pyridine rings is 2. The van der Waals surface area contributed by atoms with Crippen LogP contribution in [-0.2, 0) is 9.63 Å². The predicted octanol–water partition coefficient (Wildman–Crippen LogP) is 3.31. The van der Waals surface area contributed by atoms with Crippen molar-refractivity contribution >= 4 is 5.91 Å². The Balaban J connectivity index is 1.31. The summed E-state index contributed by atoms with van der Waals surface area (Å²) in [6, 6.07) is 9.02. The van der Waals surface area contributed by atoms with E-state index in [9.17, 15) is 4.79 Å². The third kappa shape index (κ3) is 4.82. The highest BCUT2D eigenvalue weighted by Gasteiger charge is 2.37. The van der Waals surface area contributed by atoms with Gasteiger partial charge in [0.15, 0.2) is 0 Å². The minimum atomic E-state index is -0.201. The first-order chi connectivity index (χ1) is 15.2. The van der Waals surface area contributed by atoms with Gasteiger partial charge < -0.3 is 4.74 Å². The van der Waals surface area contributed by atoms with E-state index in [2.05, 4.69) is 22.1 Å². The van der Waals surface area contributed by atoms with Crippen LogP contribution < -0.4 is 4.74 Å². The van der Waals surface area contributed by atoms with E-state index in [0.29, 0.717) is 42.6 Å². The van der Waals surface area contributed by atoms with Crippen molar-refractivity contribution in [3.05, 3.63) is 53.5 Å². The number of hydrogen-bond acceptors (Lipinski definition) is 7. The van der Waals surface area contributed by atoms with Crippen molar-refractivity contribution in [2.45, 2.75) is 38.1 Å². The average molecular weight is 417 g/mol. The topological polar surface area (TPSA) is 112 Å². The number of aromatic nitrogens is 2. The molecule has 0 bridgehead atoms. The summed E-state index contributed by atoms with van der Waals surface area (Å²) in [5, 5.41) is 19.6. The fraction of sp³-hybridized carbons (Fsp3) is 0.435. The second kappa shape index (κ2) is 9.55. The molecule has 8 nitrogen and oxygen atoms in total. The number of carbonyl (C=O) groups is 1. The van der Waals surface area contributed by atoms with Crippen LogP contribution in [0.5, 0.6) is 5.88 Å². The minimum Gasteiger partial charge on any atom is -0.477 e. The molecule has 3 heterocycles. The van der Waals surface area contributed by atoms with Crippen molar-refractivity contribution in [1.82, 2.24) is 15.0 Å². The molecule has 4 rings (SSSR count). The Morgan fingerprint density at radius 2 is 1.94 bits per heavy atom. The van der Waals surface area contributed by atoms with Gasteiger partial charge in [-0.15, -0.1) is 0 Å². The van der Waals surface area contributed by atoms with Crippen LogP contribution in [0.2, 0.25) is 0 Å². The molecular formula is C23H23N5O3. The van der Waals surface area contributed by atoms with Gasteiger partial charge in [-0.05, 0) is 49.3 Å². The molecule has 0 spiro atoms. The maximum atomic E-state index is 13.1. The van der Waals surface area contributed by atoms with Gasteiger partial charge in [0.2, 0.25) is 11.8 Å². The number of rotatable bonds is 5. The highest BCUT2D eigenvalue weighted by molar-refractivity contribution is 5.78. The summed E-state index contributed by atoms with van der Waals surface area (Å²) in [7, 11) is 0. The molecule has 1 atom stereocenters. The van der Waals surface area contributed by atoms with E-state index in [0.717, 1.165) is 31.2 Å². The Kier molecular flexibility index (Phi) is 6.40. The van der Waals surface area contributed by atoms with Crippen molar-refractivity contribution in [2.75, 3.05) is 13.2 Å². The van der Waals surface area contributed by atoms with Gasteiger partial charge in [-0.2, -0.15) is 10.5 Å². The number of carbonyl (C=O) groups excluding carboxylic acids is 1. The molecule has 0 N–H and O–H groups in total. The van der Waals surface area contributed by atoms with Crippen LogP contribution in [0.1, 0.15) is 54.8 Å². The number of amides is 1. The number of nitrogens with zero attached hydrogens (tertiary/aromatic N) is 5. The fourth-order valence-corrected chi connectivity index (χ4v) is 4.21. The summed E-state index contributed by atoms with van der Waals surface area (Å²) in [6.07, 6.45) is 8.81.